The third kappa shape index (κ3) is 3.11. The zero-order valence-electron chi connectivity index (χ0n) is 11.4. The molecule has 0 atom stereocenters. The van der Waals surface area contributed by atoms with Crippen molar-refractivity contribution in [1.29, 1.82) is 0 Å². The summed E-state index contributed by atoms with van der Waals surface area (Å²) in [5.41, 5.74) is 7.02. The van der Waals surface area contributed by atoms with E-state index in [0.29, 0.717) is 17.1 Å². The van der Waals surface area contributed by atoms with E-state index in [1.807, 2.05) is 0 Å². The Hall–Kier alpha value is -3.02. The lowest BCUT2D eigenvalue weighted by atomic mass is 10.1. The molecular formula is C15H15N3O3. The zero-order valence-corrected chi connectivity index (χ0v) is 11.4. The summed E-state index contributed by atoms with van der Waals surface area (Å²) in [6, 6.07) is 12.7. The number of para-hydroxylation sites is 3. The third-order valence-corrected chi connectivity index (χ3v) is 3.00. The Balaban J connectivity index is 2.24. The minimum atomic E-state index is -1.09. The Labute approximate surface area is 121 Å². The predicted octanol–water partition coefficient (Wildman–Crippen LogP) is 2.64. The molecule has 0 fully saturated rings. The van der Waals surface area contributed by atoms with Crippen molar-refractivity contribution in [3.8, 4) is 0 Å². The Morgan fingerprint density at radius 1 is 1.10 bits per heavy atom. The van der Waals surface area contributed by atoms with E-state index in [0.717, 1.165) is 0 Å². The fourth-order valence-electron chi connectivity index (χ4n) is 1.87. The second kappa shape index (κ2) is 5.96. The number of hydrogen-bond acceptors (Lipinski definition) is 3. The smallest absolute Gasteiger partial charge is 0.337 e. The average molecular weight is 285 g/mol. The molecule has 2 aromatic carbocycles. The van der Waals surface area contributed by atoms with Crippen molar-refractivity contribution in [2.45, 2.75) is 0 Å². The van der Waals surface area contributed by atoms with E-state index >= 15 is 0 Å². The Kier molecular flexibility index (Phi) is 4.08. The number of carbonyl (C=O) groups excluding carboxylic acids is 1. The number of nitrogens with two attached hydrogens (primary N) is 1. The first kappa shape index (κ1) is 14.4. The van der Waals surface area contributed by atoms with Crippen molar-refractivity contribution in [1.82, 2.24) is 0 Å². The fourth-order valence-corrected chi connectivity index (χ4v) is 1.87. The van der Waals surface area contributed by atoms with Gasteiger partial charge in [-0.3, -0.25) is 4.90 Å². The number of benzene rings is 2. The zero-order chi connectivity index (χ0) is 15.4. The van der Waals surface area contributed by atoms with E-state index in [-0.39, 0.29) is 5.56 Å². The second-order valence-electron chi connectivity index (χ2n) is 4.40. The van der Waals surface area contributed by atoms with Gasteiger partial charge in [0.1, 0.15) is 0 Å². The summed E-state index contributed by atoms with van der Waals surface area (Å²) in [4.78, 5) is 24.6. The molecule has 21 heavy (non-hydrogen) atoms. The van der Waals surface area contributed by atoms with Gasteiger partial charge in [0.25, 0.3) is 0 Å². The molecule has 0 bridgehead atoms. The molecule has 0 saturated carbocycles. The monoisotopic (exact) mass is 285 g/mol. The van der Waals surface area contributed by atoms with Crippen molar-refractivity contribution < 1.29 is 14.7 Å². The van der Waals surface area contributed by atoms with Gasteiger partial charge in [0.2, 0.25) is 0 Å². The van der Waals surface area contributed by atoms with Gasteiger partial charge in [0.15, 0.2) is 0 Å². The molecule has 0 heterocycles. The molecule has 2 rings (SSSR count). The maximum Gasteiger partial charge on any atom is 0.337 e. The first-order valence-electron chi connectivity index (χ1n) is 6.22. The summed E-state index contributed by atoms with van der Waals surface area (Å²) in [6.07, 6.45) is 0. The Morgan fingerprint density at radius 2 is 1.71 bits per heavy atom. The van der Waals surface area contributed by atoms with Gasteiger partial charge in [0.05, 0.1) is 22.6 Å². The predicted molar refractivity (Wildman–Crippen MR) is 81.7 cm³/mol. The molecule has 0 spiro atoms. The largest absolute Gasteiger partial charge is 0.478 e. The first-order chi connectivity index (χ1) is 10.0. The van der Waals surface area contributed by atoms with Crippen molar-refractivity contribution in [3.05, 3.63) is 54.1 Å². The minimum Gasteiger partial charge on any atom is -0.478 e. The van der Waals surface area contributed by atoms with Crippen LogP contribution in [0.3, 0.4) is 0 Å². The van der Waals surface area contributed by atoms with Crippen LogP contribution in [0.1, 0.15) is 10.4 Å². The highest BCUT2D eigenvalue weighted by atomic mass is 16.4. The fraction of sp³-hybridized carbons (Fsp3) is 0.0667. The van der Waals surface area contributed by atoms with Crippen LogP contribution in [0.15, 0.2) is 48.5 Å². The van der Waals surface area contributed by atoms with Crippen LogP contribution in [0.2, 0.25) is 0 Å². The number of carboxylic acid groups (broad SMARTS) is 1. The van der Waals surface area contributed by atoms with Gasteiger partial charge in [-0.15, -0.1) is 0 Å². The van der Waals surface area contributed by atoms with Gasteiger partial charge < -0.3 is 16.2 Å². The van der Waals surface area contributed by atoms with Gasteiger partial charge in [-0.05, 0) is 24.3 Å². The number of carboxylic acids is 1. The third-order valence-electron chi connectivity index (χ3n) is 3.00. The number of urea groups is 1. The number of nitrogens with zero attached hydrogens (tertiary/aromatic N) is 1. The lowest BCUT2D eigenvalue weighted by molar-refractivity contribution is 0.0697. The number of amides is 2. The van der Waals surface area contributed by atoms with Crippen LogP contribution < -0.4 is 16.0 Å². The van der Waals surface area contributed by atoms with Crippen molar-refractivity contribution >= 4 is 29.1 Å². The van der Waals surface area contributed by atoms with Crippen molar-refractivity contribution in [2.24, 2.45) is 0 Å². The molecule has 0 aliphatic heterocycles. The van der Waals surface area contributed by atoms with Gasteiger partial charge in [0, 0.05) is 7.05 Å². The summed E-state index contributed by atoms with van der Waals surface area (Å²) >= 11 is 0. The maximum atomic E-state index is 12.2. The molecule has 0 aliphatic rings. The number of nitrogen functional groups attached to an aromatic ring is 1. The molecule has 0 aromatic heterocycles. The van der Waals surface area contributed by atoms with Crippen LogP contribution >= 0.6 is 0 Å². The first-order valence-corrected chi connectivity index (χ1v) is 6.22. The van der Waals surface area contributed by atoms with Crippen LogP contribution in [-0.4, -0.2) is 24.2 Å². The van der Waals surface area contributed by atoms with Gasteiger partial charge >= 0.3 is 12.0 Å². The van der Waals surface area contributed by atoms with Crippen LogP contribution in [0.25, 0.3) is 0 Å². The minimum absolute atomic E-state index is 0.0520. The summed E-state index contributed by atoms with van der Waals surface area (Å²) in [6.45, 7) is 0. The van der Waals surface area contributed by atoms with Crippen LogP contribution in [0, 0.1) is 0 Å². The highest BCUT2D eigenvalue weighted by molar-refractivity contribution is 6.06. The second-order valence-corrected chi connectivity index (χ2v) is 4.40. The molecule has 108 valence electrons. The molecule has 0 radical (unpaired) electrons. The maximum absolute atomic E-state index is 12.2. The lowest BCUT2D eigenvalue weighted by Crippen LogP contribution is -2.32. The van der Waals surface area contributed by atoms with Gasteiger partial charge in [-0.1, -0.05) is 24.3 Å². The molecule has 0 aliphatic carbocycles. The van der Waals surface area contributed by atoms with E-state index in [2.05, 4.69) is 5.32 Å². The molecule has 6 nitrogen and oxygen atoms in total. The van der Waals surface area contributed by atoms with Crippen molar-refractivity contribution in [3.63, 3.8) is 0 Å². The molecule has 4 N–H and O–H groups in total. The standard InChI is InChI=1S/C15H15N3O3/c1-18(13-9-5-2-6-10(13)14(19)20)15(21)17-12-8-4-3-7-11(12)16/h2-9H,16H2,1H3,(H,17,21)(H,19,20). The number of rotatable bonds is 3. The van der Waals surface area contributed by atoms with Crippen LogP contribution in [-0.2, 0) is 0 Å². The van der Waals surface area contributed by atoms with E-state index in [4.69, 9.17) is 10.8 Å². The summed E-state index contributed by atoms with van der Waals surface area (Å²) < 4.78 is 0. The number of anilines is 3. The quantitative estimate of drug-likeness (QED) is 0.755. The number of aromatic carboxylic acids is 1. The Bertz CT molecular complexity index is 685. The molecule has 2 aromatic rings. The average Bonchev–Trinajstić information content (AvgIpc) is 2.48. The molecule has 2 amide bonds. The molecular weight excluding hydrogens is 270 g/mol. The van der Waals surface area contributed by atoms with E-state index < -0.39 is 12.0 Å². The highest BCUT2D eigenvalue weighted by Crippen LogP contribution is 2.22. The SMILES string of the molecule is CN(C(=O)Nc1ccccc1N)c1ccccc1C(=O)O. The van der Waals surface area contributed by atoms with Gasteiger partial charge in [-0.2, -0.15) is 0 Å². The van der Waals surface area contributed by atoms with E-state index in [1.54, 1.807) is 42.5 Å². The lowest BCUT2D eigenvalue weighted by Gasteiger charge is -2.20. The highest BCUT2D eigenvalue weighted by Gasteiger charge is 2.18. The number of nitrogens with one attached hydrogen (secondary N) is 1. The van der Waals surface area contributed by atoms with E-state index in [1.165, 1.54) is 18.0 Å². The number of hydrogen-bond donors (Lipinski definition) is 3. The summed E-state index contributed by atoms with van der Waals surface area (Å²) in [5.74, 6) is -1.09. The van der Waals surface area contributed by atoms with Crippen molar-refractivity contribution in [2.75, 3.05) is 23.0 Å². The van der Waals surface area contributed by atoms with Gasteiger partial charge in [-0.25, -0.2) is 9.59 Å². The molecule has 0 unspecified atom stereocenters. The number of carbonyl (C=O) groups is 2. The Morgan fingerprint density at radius 3 is 2.38 bits per heavy atom. The van der Waals surface area contributed by atoms with E-state index in [9.17, 15) is 9.59 Å². The summed E-state index contributed by atoms with van der Waals surface area (Å²) in [5, 5.41) is 11.8. The summed E-state index contributed by atoms with van der Waals surface area (Å²) in [7, 11) is 1.50. The van der Waals surface area contributed by atoms with Crippen LogP contribution in [0.4, 0.5) is 21.9 Å². The topological polar surface area (TPSA) is 95.7 Å². The molecule has 0 saturated heterocycles. The molecule has 6 heteroatoms. The van der Waals surface area contributed by atoms with Crippen LogP contribution in [0.5, 0.6) is 0 Å². The normalized spacial score (nSPS) is 9.95.